The van der Waals surface area contributed by atoms with Crippen LogP contribution in [0.2, 0.25) is 5.02 Å². The Labute approximate surface area is 130 Å². The first-order valence-corrected chi connectivity index (χ1v) is 6.88. The summed E-state index contributed by atoms with van der Waals surface area (Å²) in [4.78, 5) is 12.1. The van der Waals surface area contributed by atoms with E-state index in [9.17, 15) is 4.79 Å². The molecule has 20 heavy (non-hydrogen) atoms. The van der Waals surface area contributed by atoms with E-state index < -0.39 is 0 Å². The van der Waals surface area contributed by atoms with Crippen molar-refractivity contribution in [1.82, 2.24) is 0 Å². The quantitative estimate of drug-likeness (QED) is 0.820. The van der Waals surface area contributed by atoms with Crippen molar-refractivity contribution in [3.8, 4) is 5.75 Å². The number of ether oxygens (including phenoxy) is 1. The van der Waals surface area contributed by atoms with Crippen LogP contribution >= 0.6 is 27.5 Å². The fourth-order valence-corrected chi connectivity index (χ4v) is 2.25. The van der Waals surface area contributed by atoms with Crippen LogP contribution in [0.5, 0.6) is 5.75 Å². The molecule has 0 aliphatic rings. The molecule has 1 amide bonds. The molecule has 0 saturated heterocycles. The lowest BCUT2D eigenvalue weighted by Crippen LogP contribution is -2.12. The molecule has 0 heterocycles. The van der Waals surface area contributed by atoms with E-state index in [2.05, 4.69) is 21.2 Å². The Kier molecular flexibility index (Phi) is 4.52. The van der Waals surface area contributed by atoms with Gasteiger partial charge in [0.25, 0.3) is 5.91 Å². The normalized spacial score (nSPS) is 10.2. The molecule has 6 heteroatoms. The zero-order valence-electron chi connectivity index (χ0n) is 10.6. The van der Waals surface area contributed by atoms with Crippen molar-refractivity contribution in [2.24, 2.45) is 0 Å². The topological polar surface area (TPSA) is 64.3 Å². The second-order valence-corrected chi connectivity index (χ2v) is 5.30. The molecule has 0 atom stereocenters. The van der Waals surface area contributed by atoms with Gasteiger partial charge in [0.1, 0.15) is 5.75 Å². The molecule has 0 radical (unpaired) electrons. The van der Waals surface area contributed by atoms with Crippen LogP contribution in [-0.4, -0.2) is 13.0 Å². The summed E-state index contributed by atoms with van der Waals surface area (Å²) < 4.78 is 5.73. The van der Waals surface area contributed by atoms with E-state index in [1.807, 2.05) is 0 Å². The molecule has 0 unspecified atom stereocenters. The highest BCUT2D eigenvalue weighted by atomic mass is 79.9. The summed E-state index contributed by atoms with van der Waals surface area (Å²) in [5.41, 5.74) is 7.35. The zero-order valence-corrected chi connectivity index (χ0v) is 13.0. The minimum Gasteiger partial charge on any atom is -0.495 e. The fourth-order valence-electron chi connectivity index (χ4n) is 1.62. The Hall–Kier alpha value is -1.72. The third kappa shape index (κ3) is 3.23. The number of carbonyl (C=O) groups excluding carboxylic acids is 1. The van der Waals surface area contributed by atoms with Crippen LogP contribution in [0, 0.1) is 0 Å². The molecule has 0 bridgehead atoms. The molecule has 3 N–H and O–H groups in total. The third-order valence-corrected chi connectivity index (χ3v) is 3.65. The maximum absolute atomic E-state index is 12.1. The molecule has 2 rings (SSSR count). The molecule has 4 nitrogen and oxygen atoms in total. The van der Waals surface area contributed by atoms with Gasteiger partial charge in [-0.25, -0.2) is 0 Å². The molecule has 0 aromatic heterocycles. The van der Waals surface area contributed by atoms with E-state index in [1.54, 1.807) is 36.4 Å². The van der Waals surface area contributed by atoms with Gasteiger partial charge >= 0.3 is 0 Å². The van der Waals surface area contributed by atoms with Crippen LogP contribution < -0.4 is 15.8 Å². The maximum atomic E-state index is 12.1. The minimum absolute atomic E-state index is 0.244. The SMILES string of the molecule is COc1ccc(NC(=O)c2ccc(N)c(Br)c2)cc1Cl. The Balaban J connectivity index is 2.19. The average molecular weight is 356 g/mol. The second kappa shape index (κ2) is 6.15. The predicted octanol–water partition coefficient (Wildman–Crippen LogP) is 3.95. The average Bonchev–Trinajstić information content (AvgIpc) is 2.42. The van der Waals surface area contributed by atoms with E-state index in [0.29, 0.717) is 32.2 Å². The largest absolute Gasteiger partial charge is 0.495 e. The van der Waals surface area contributed by atoms with Gasteiger partial charge in [0.2, 0.25) is 0 Å². The van der Waals surface area contributed by atoms with Crippen molar-refractivity contribution >= 4 is 44.8 Å². The molecule has 2 aromatic carbocycles. The van der Waals surface area contributed by atoms with Gasteiger partial charge in [-0.2, -0.15) is 0 Å². The third-order valence-electron chi connectivity index (χ3n) is 2.67. The van der Waals surface area contributed by atoms with Crippen molar-refractivity contribution in [2.45, 2.75) is 0 Å². The molecule has 0 fully saturated rings. The Morgan fingerprint density at radius 3 is 2.65 bits per heavy atom. The van der Waals surface area contributed by atoms with Gasteiger partial charge in [-0.05, 0) is 52.3 Å². The van der Waals surface area contributed by atoms with Crippen LogP contribution in [0.4, 0.5) is 11.4 Å². The highest BCUT2D eigenvalue weighted by Crippen LogP contribution is 2.27. The molecule has 104 valence electrons. The monoisotopic (exact) mass is 354 g/mol. The van der Waals surface area contributed by atoms with Crippen molar-refractivity contribution in [2.75, 3.05) is 18.2 Å². The number of nitrogen functional groups attached to an aromatic ring is 1. The van der Waals surface area contributed by atoms with Crippen LogP contribution in [-0.2, 0) is 0 Å². The highest BCUT2D eigenvalue weighted by molar-refractivity contribution is 9.10. The summed E-state index contributed by atoms with van der Waals surface area (Å²) in [5.74, 6) is 0.312. The first kappa shape index (κ1) is 14.7. The van der Waals surface area contributed by atoms with E-state index in [1.165, 1.54) is 7.11 Å². The van der Waals surface area contributed by atoms with Gasteiger partial charge in [-0.1, -0.05) is 11.6 Å². The number of amides is 1. The van der Waals surface area contributed by atoms with Crippen molar-refractivity contribution in [3.63, 3.8) is 0 Å². The summed E-state index contributed by atoms with van der Waals surface area (Å²) in [7, 11) is 1.53. The number of nitrogens with one attached hydrogen (secondary N) is 1. The van der Waals surface area contributed by atoms with E-state index >= 15 is 0 Å². The first-order chi connectivity index (χ1) is 9.51. The van der Waals surface area contributed by atoms with Crippen LogP contribution in [0.3, 0.4) is 0 Å². The number of halogens is 2. The minimum atomic E-state index is -0.244. The zero-order chi connectivity index (χ0) is 14.7. The highest BCUT2D eigenvalue weighted by Gasteiger charge is 2.09. The lowest BCUT2D eigenvalue weighted by molar-refractivity contribution is 0.102. The summed E-state index contributed by atoms with van der Waals surface area (Å²) in [6, 6.07) is 10.0. The second-order valence-electron chi connectivity index (χ2n) is 4.04. The van der Waals surface area contributed by atoms with E-state index in [0.717, 1.165) is 0 Å². The number of benzene rings is 2. The molecule has 0 spiro atoms. The van der Waals surface area contributed by atoms with Crippen molar-refractivity contribution in [1.29, 1.82) is 0 Å². The molecule has 0 saturated carbocycles. The smallest absolute Gasteiger partial charge is 0.255 e. The van der Waals surface area contributed by atoms with Gasteiger partial charge in [0, 0.05) is 21.4 Å². The Morgan fingerprint density at radius 1 is 1.30 bits per heavy atom. The summed E-state index contributed by atoms with van der Waals surface area (Å²) in [5, 5.41) is 3.19. The molecule has 0 aliphatic carbocycles. The summed E-state index contributed by atoms with van der Waals surface area (Å²) >= 11 is 9.29. The Morgan fingerprint density at radius 2 is 2.05 bits per heavy atom. The lowest BCUT2D eigenvalue weighted by atomic mass is 10.2. The maximum Gasteiger partial charge on any atom is 0.255 e. The van der Waals surface area contributed by atoms with Crippen LogP contribution in [0.15, 0.2) is 40.9 Å². The van der Waals surface area contributed by atoms with Gasteiger partial charge < -0.3 is 15.8 Å². The molecular formula is C14H12BrClN2O2. The number of hydrogen-bond acceptors (Lipinski definition) is 3. The number of anilines is 2. The number of rotatable bonds is 3. The van der Waals surface area contributed by atoms with Gasteiger partial charge in [-0.15, -0.1) is 0 Å². The first-order valence-electron chi connectivity index (χ1n) is 5.71. The molecule has 0 aliphatic heterocycles. The van der Waals surface area contributed by atoms with E-state index in [4.69, 9.17) is 22.1 Å². The van der Waals surface area contributed by atoms with Crippen molar-refractivity contribution < 1.29 is 9.53 Å². The van der Waals surface area contributed by atoms with Gasteiger partial charge in [0.15, 0.2) is 0 Å². The van der Waals surface area contributed by atoms with Gasteiger partial charge in [0.05, 0.1) is 12.1 Å². The van der Waals surface area contributed by atoms with Crippen LogP contribution in [0.1, 0.15) is 10.4 Å². The summed E-state index contributed by atoms with van der Waals surface area (Å²) in [6.07, 6.45) is 0. The fraction of sp³-hybridized carbons (Fsp3) is 0.0714. The van der Waals surface area contributed by atoms with E-state index in [-0.39, 0.29) is 5.91 Å². The molecular weight excluding hydrogens is 344 g/mol. The van der Waals surface area contributed by atoms with Crippen LogP contribution in [0.25, 0.3) is 0 Å². The molecule has 2 aromatic rings. The number of carbonyl (C=O) groups is 1. The standard InChI is InChI=1S/C14H12BrClN2O2/c1-20-13-5-3-9(7-11(13)16)18-14(19)8-2-4-12(17)10(15)6-8/h2-7H,17H2,1H3,(H,18,19). The summed E-state index contributed by atoms with van der Waals surface area (Å²) in [6.45, 7) is 0. The van der Waals surface area contributed by atoms with Crippen molar-refractivity contribution in [3.05, 3.63) is 51.5 Å². The number of methoxy groups -OCH3 is 1. The number of nitrogens with two attached hydrogens (primary N) is 1. The Bertz CT molecular complexity index is 662. The lowest BCUT2D eigenvalue weighted by Gasteiger charge is -2.09. The number of hydrogen-bond donors (Lipinski definition) is 2. The van der Waals surface area contributed by atoms with Gasteiger partial charge in [-0.3, -0.25) is 4.79 Å². The predicted molar refractivity (Wildman–Crippen MR) is 84.5 cm³/mol.